The van der Waals surface area contributed by atoms with Crippen LogP contribution in [0.3, 0.4) is 0 Å². The Morgan fingerprint density at radius 2 is 1.42 bits per heavy atom. The third-order valence-corrected chi connectivity index (χ3v) is 7.03. The average molecular weight is 373 g/mol. The fourth-order valence-corrected chi connectivity index (χ4v) is 4.47. The van der Waals surface area contributed by atoms with E-state index in [0.717, 1.165) is 19.3 Å². The smallest absolute Gasteiger partial charge is 0.171 e. The maximum atomic E-state index is 9.75. The van der Waals surface area contributed by atoms with Crippen molar-refractivity contribution in [2.75, 3.05) is 39.6 Å². The van der Waals surface area contributed by atoms with Gasteiger partial charge in [-0.2, -0.15) is 0 Å². The molecule has 0 radical (unpaired) electrons. The third kappa shape index (κ3) is 3.33. The summed E-state index contributed by atoms with van der Waals surface area (Å²) in [6.07, 6.45) is 3.19. The first-order chi connectivity index (χ1) is 12.3. The first-order valence-electron chi connectivity index (χ1n) is 10.1. The highest BCUT2D eigenvalue weighted by molar-refractivity contribution is 5.00. The van der Waals surface area contributed by atoms with Crippen LogP contribution < -0.4 is 0 Å². The molecule has 6 nitrogen and oxygen atoms in total. The molecule has 1 aliphatic carbocycles. The summed E-state index contributed by atoms with van der Waals surface area (Å²) in [4.78, 5) is 0. The van der Waals surface area contributed by atoms with Gasteiger partial charge in [-0.05, 0) is 12.8 Å². The lowest BCUT2D eigenvalue weighted by molar-refractivity contribution is -0.403. The minimum atomic E-state index is -0.621. The fourth-order valence-electron chi connectivity index (χ4n) is 4.47. The molecule has 2 heterocycles. The molecule has 2 spiro atoms. The normalized spacial score (nSPS) is 49.6. The summed E-state index contributed by atoms with van der Waals surface area (Å²) in [6, 6.07) is 0. The third-order valence-electron chi connectivity index (χ3n) is 7.03. The molecular formula is C20H36O6. The van der Waals surface area contributed by atoms with Crippen molar-refractivity contribution < 1.29 is 29.2 Å². The van der Waals surface area contributed by atoms with Crippen molar-refractivity contribution in [1.82, 2.24) is 0 Å². The van der Waals surface area contributed by atoms with E-state index in [9.17, 15) is 10.2 Å². The summed E-state index contributed by atoms with van der Waals surface area (Å²) >= 11 is 0. The Bertz CT molecular complexity index is 471. The van der Waals surface area contributed by atoms with Gasteiger partial charge < -0.3 is 29.2 Å². The molecule has 26 heavy (non-hydrogen) atoms. The minimum Gasteiger partial charge on any atom is -0.396 e. The fraction of sp³-hybridized carbons (Fsp3) is 1.00. The van der Waals surface area contributed by atoms with Crippen molar-refractivity contribution in [1.29, 1.82) is 0 Å². The van der Waals surface area contributed by atoms with Crippen molar-refractivity contribution in [3.05, 3.63) is 0 Å². The molecule has 2 saturated heterocycles. The summed E-state index contributed by atoms with van der Waals surface area (Å²) in [5, 5.41) is 19.3. The maximum absolute atomic E-state index is 9.75. The van der Waals surface area contributed by atoms with Crippen LogP contribution in [0.15, 0.2) is 0 Å². The lowest BCUT2D eigenvalue weighted by atomic mass is 9.71. The summed E-state index contributed by atoms with van der Waals surface area (Å²) in [7, 11) is 0. The molecule has 0 bridgehead atoms. The summed E-state index contributed by atoms with van der Waals surface area (Å²) in [5.74, 6) is -0.941. The Labute approximate surface area is 157 Å². The van der Waals surface area contributed by atoms with Crippen molar-refractivity contribution in [2.45, 2.75) is 65.0 Å². The first-order valence-corrected chi connectivity index (χ1v) is 10.1. The van der Waals surface area contributed by atoms with Crippen LogP contribution in [0.25, 0.3) is 0 Å². The van der Waals surface area contributed by atoms with Gasteiger partial charge in [0.1, 0.15) is 0 Å². The zero-order chi connectivity index (χ0) is 19.1. The number of aliphatic hydroxyl groups is 2. The van der Waals surface area contributed by atoms with Gasteiger partial charge >= 0.3 is 0 Å². The van der Waals surface area contributed by atoms with Crippen LogP contribution in [0.2, 0.25) is 0 Å². The average Bonchev–Trinajstić information content (AvgIpc) is 2.68. The van der Waals surface area contributed by atoms with E-state index >= 15 is 0 Å². The van der Waals surface area contributed by atoms with Crippen LogP contribution in [0.1, 0.15) is 53.4 Å². The van der Waals surface area contributed by atoms with Gasteiger partial charge in [0, 0.05) is 35.5 Å². The monoisotopic (exact) mass is 372 g/mol. The molecule has 3 fully saturated rings. The van der Waals surface area contributed by atoms with E-state index in [0.29, 0.717) is 32.8 Å². The minimum absolute atomic E-state index is 0.0606. The van der Waals surface area contributed by atoms with E-state index < -0.39 is 11.6 Å². The van der Waals surface area contributed by atoms with Crippen molar-refractivity contribution in [3.63, 3.8) is 0 Å². The summed E-state index contributed by atoms with van der Waals surface area (Å²) < 4.78 is 25.2. The largest absolute Gasteiger partial charge is 0.396 e. The van der Waals surface area contributed by atoms with Crippen LogP contribution in [-0.4, -0.2) is 61.4 Å². The molecule has 6 heteroatoms. The van der Waals surface area contributed by atoms with Gasteiger partial charge in [-0.3, -0.25) is 0 Å². The van der Waals surface area contributed by atoms with Gasteiger partial charge in [0.2, 0.25) is 0 Å². The van der Waals surface area contributed by atoms with Gasteiger partial charge in [0.25, 0.3) is 0 Å². The molecule has 152 valence electrons. The second-order valence-corrected chi connectivity index (χ2v) is 9.17. The van der Waals surface area contributed by atoms with Crippen LogP contribution in [0, 0.1) is 22.7 Å². The predicted octanol–water partition coefficient (Wildman–Crippen LogP) is 2.32. The molecule has 2 unspecified atom stereocenters. The van der Waals surface area contributed by atoms with E-state index in [1.807, 2.05) is 6.92 Å². The van der Waals surface area contributed by atoms with E-state index in [1.165, 1.54) is 0 Å². The van der Waals surface area contributed by atoms with Gasteiger partial charge in [-0.25, -0.2) is 0 Å². The highest BCUT2D eigenvalue weighted by Crippen LogP contribution is 2.53. The molecule has 3 aliphatic rings. The SMILES string of the molecule is CCC1CC2(OCC(C)(CO)CO2)C(C)CC12OCC(CC)(CO)CO2. The van der Waals surface area contributed by atoms with E-state index in [1.54, 1.807) is 0 Å². The number of ether oxygens (including phenoxy) is 4. The standard InChI is InChI=1S/C20H36O6/c1-5-16-8-19(23-11-17(4,9-21)12-24-19)15(3)7-20(16)25-13-18(6-2,10-22)14-26-20/h15-16,21-22H,5-14H2,1-4H3. The molecule has 2 atom stereocenters. The summed E-state index contributed by atoms with van der Waals surface area (Å²) in [5.41, 5.74) is -0.621. The molecule has 0 aromatic rings. The van der Waals surface area contributed by atoms with E-state index in [-0.39, 0.29) is 35.9 Å². The Kier molecular flexibility index (Phi) is 5.75. The van der Waals surface area contributed by atoms with Gasteiger partial charge in [-0.15, -0.1) is 0 Å². The summed E-state index contributed by atoms with van der Waals surface area (Å²) in [6.45, 7) is 10.5. The van der Waals surface area contributed by atoms with Crippen LogP contribution in [-0.2, 0) is 18.9 Å². The molecule has 0 amide bonds. The Balaban J connectivity index is 1.74. The Hall–Kier alpha value is -0.240. The molecule has 0 aromatic heterocycles. The van der Waals surface area contributed by atoms with E-state index in [2.05, 4.69) is 20.8 Å². The number of rotatable bonds is 4. The second-order valence-electron chi connectivity index (χ2n) is 9.17. The number of hydrogen-bond donors (Lipinski definition) is 2. The number of hydrogen-bond acceptors (Lipinski definition) is 6. The Morgan fingerprint density at radius 3 is 1.88 bits per heavy atom. The molecule has 0 aromatic carbocycles. The second kappa shape index (κ2) is 7.30. The Morgan fingerprint density at radius 1 is 0.846 bits per heavy atom. The topological polar surface area (TPSA) is 77.4 Å². The zero-order valence-corrected chi connectivity index (χ0v) is 16.8. The maximum Gasteiger partial charge on any atom is 0.171 e. The lowest BCUT2D eigenvalue weighted by Crippen LogP contribution is -2.64. The molecule has 1 saturated carbocycles. The van der Waals surface area contributed by atoms with Gasteiger partial charge in [0.15, 0.2) is 11.6 Å². The quantitative estimate of drug-likeness (QED) is 0.789. The molecule has 3 rings (SSSR count). The molecule has 2 aliphatic heterocycles. The van der Waals surface area contributed by atoms with E-state index in [4.69, 9.17) is 18.9 Å². The lowest BCUT2D eigenvalue weighted by Gasteiger charge is -2.58. The van der Waals surface area contributed by atoms with Crippen molar-refractivity contribution in [2.24, 2.45) is 22.7 Å². The van der Waals surface area contributed by atoms with Crippen LogP contribution >= 0.6 is 0 Å². The first kappa shape index (κ1) is 20.5. The van der Waals surface area contributed by atoms with Gasteiger partial charge in [-0.1, -0.05) is 27.7 Å². The van der Waals surface area contributed by atoms with Crippen LogP contribution in [0.4, 0.5) is 0 Å². The number of aliphatic hydroxyl groups excluding tert-OH is 2. The highest BCUT2D eigenvalue weighted by Gasteiger charge is 2.59. The molecular weight excluding hydrogens is 336 g/mol. The van der Waals surface area contributed by atoms with Crippen molar-refractivity contribution >= 4 is 0 Å². The van der Waals surface area contributed by atoms with Crippen molar-refractivity contribution in [3.8, 4) is 0 Å². The van der Waals surface area contributed by atoms with Gasteiger partial charge in [0.05, 0.1) is 39.6 Å². The zero-order valence-electron chi connectivity index (χ0n) is 16.8. The molecule has 2 N–H and O–H groups in total. The van der Waals surface area contributed by atoms with Crippen LogP contribution in [0.5, 0.6) is 0 Å². The highest BCUT2D eigenvalue weighted by atomic mass is 16.7. The predicted molar refractivity (Wildman–Crippen MR) is 96.5 cm³/mol.